The minimum absolute atomic E-state index is 0.499. The van der Waals surface area contributed by atoms with Crippen LogP contribution in [0.5, 0.6) is 11.5 Å². The molecule has 0 fully saturated rings. The number of methoxy groups -OCH3 is 1. The standard InChI is InChI=1S/C24H21N5O2S/c1-30-19-9-7-17(8-10-19)22-27-23(25-12-13-31-20-5-3-2-4-6-20)21-24(28-22)29(16-26-21)18-11-14-32-15-18/h2-11,14-16H,12-13H2,1H3,(H,25,27,28). The van der Waals surface area contributed by atoms with E-state index in [9.17, 15) is 0 Å². The molecule has 7 nitrogen and oxygen atoms in total. The average Bonchev–Trinajstić information content (AvgIpc) is 3.52. The molecule has 1 N–H and O–H groups in total. The summed E-state index contributed by atoms with van der Waals surface area (Å²) >= 11 is 1.63. The summed E-state index contributed by atoms with van der Waals surface area (Å²) in [7, 11) is 1.65. The highest BCUT2D eigenvalue weighted by Crippen LogP contribution is 2.27. The van der Waals surface area contributed by atoms with Crippen molar-refractivity contribution in [2.45, 2.75) is 0 Å². The summed E-state index contributed by atoms with van der Waals surface area (Å²) in [5.41, 5.74) is 3.38. The van der Waals surface area contributed by atoms with E-state index in [2.05, 4.69) is 15.7 Å². The molecular weight excluding hydrogens is 422 g/mol. The zero-order valence-electron chi connectivity index (χ0n) is 17.4. The molecule has 2 aromatic carbocycles. The number of nitrogens with one attached hydrogen (secondary N) is 1. The number of hydrogen-bond acceptors (Lipinski definition) is 7. The minimum Gasteiger partial charge on any atom is -0.497 e. The third-order valence-corrected chi connectivity index (χ3v) is 5.61. The van der Waals surface area contributed by atoms with Crippen molar-refractivity contribution in [1.29, 1.82) is 0 Å². The number of thiophene rings is 1. The molecule has 32 heavy (non-hydrogen) atoms. The first-order chi connectivity index (χ1) is 15.8. The number of hydrogen-bond donors (Lipinski definition) is 1. The minimum atomic E-state index is 0.499. The van der Waals surface area contributed by atoms with Gasteiger partial charge >= 0.3 is 0 Å². The van der Waals surface area contributed by atoms with Gasteiger partial charge in [0, 0.05) is 10.9 Å². The van der Waals surface area contributed by atoms with Gasteiger partial charge in [-0.1, -0.05) is 18.2 Å². The van der Waals surface area contributed by atoms with Crippen LogP contribution in [0, 0.1) is 0 Å². The van der Waals surface area contributed by atoms with Crippen molar-refractivity contribution >= 4 is 28.3 Å². The molecule has 0 radical (unpaired) electrons. The number of rotatable bonds is 8. The predicted molar refractivity (Wildman–Crippen MR) is 127 cm³/mol. The number of benzene rings is 2. The highest BCUT2D eigenvalue weighted by molar-refractivity contribution is 7.08. The zero-order chi connectivity index (χ0) is 21.8. The van der Waals surface area contributed by atoms with E-state index in [1.54, 1.807) is 24.8 Å². The molecule has 0 unspecified atom stereocenters. The molecule has 0 spiro atoms. The second-order valence-electron chi connectivity index (χ2n) is 6.98. The summed E-state index contributed by atoms with van der Waals surface area (Å²) in [5, 5.41) is 7.48. The first-order valence-electron chi connectivity index (χ1n) is 10.2. The number of aromatic nitrogens is 4. The fourth-order valence-corrected chi connectivity index (χ4v) is 3.96. The summed E-state index contributed by atoms with van der Waals surface area (Å²) in [6, 6.07) is 19.5. The summed E-state index contributed by atoms with van der Waals surface area (Å²) in [6.45, 7) is 1.08. The van der Waals surface area contributed by atoms with E-state index in [0.29, 0.717) is 30.3 Å². The maximum Gasteiger partial charge on any atom is 0.170 e. The van der Waals surface area contributed by atoms with Crippen LogP contribution in [0.25, 0.3) is 28.2 Å². The molecule has 8 heteroatoms. The van der Waals surface area contributed by atoms with E-state index in [4.69, 9.17) is 19.4 Å². The lowest BCUT2D eigenvalue weighted by molar-refractivity contribution is 0.333. The van der Waals surface area contributed by atoms with E-state index < -0.39 is 0 Å². The van der Waals surface area contributed by atoms with Crippen LogP contribution in [0.3, 0.4) is 0 Å². The third-order valence-electron chi connectivity index (χ3n) is 4.94. The van der Waals surface area contributed by atoms with Gasteiger partial charge in [-0.2, -0.15) is 11.3 Å². The van der Waals surface area contributed by atoms with Crippen molar-refractivity contribution in [1.82, 2.24) is 19.5 Å². The van der Waals surface area contributed by atoms with Gasteiger partial charge in [0.1, 0.15) is 24.4 Å². The highest BCUT2D eigenvalue weighted by atomic mass is 32.1. The predicted octanol–water partition coefficient (Wildman–Crippen LogP) is 5.04. The van der Waals surface area contributed by atoms with Crippen molar-refractivity contribution in [3.63, 3.8) is 0 Å². The molecule has 0 bridgehead atoms. The number of para-hydroxylation sites is 1. The fraction of sp³-hybridized carbons (Fsp3) is 0.125. The Labute approximate surface area is 189 Å². The van der Waals surface area contributed by atoms with E-state index >= 15 is 0 Å². The largest absolute Gasteiger partial charge is 0.497 e. The van der Waals surface area contributed by atoms with E-state index in [1.165, 1.54) is 0 Å². The zero-order valence-corrected chi connectivity index (χ0v) is 18.2. The first kappa shape index (κ1) is 20.0. The van der Waals surface area contributed by atoms with Gasteiger partial charge in [0.25, 0.3) is 0 Å². The lowest BCUT2D eigenvalue weighted by Crippen LogP contribution is -2.13. The molecule has 0 aliphatic rings. The lowest BCUT2D eigenvalue weighted by Gasteiger charge is -2.11. The van der Waals surface area contributed by atoms with Gasteiger partial charge in [-0.15, -0.1) is 0 Å². The normalized spacial score (nSPS) is 10.9. The van der Waals surface area contributed by atoms with Crippen LogP contribution in [-0.2, 0) is 0 Å². The molecule has 0 saturated heterocycles. The summed E-state index contributed by atoms with van der Waals surface area (Å²) in [5.74, 6) is 2.91. The Morgan fingerprint density at radius 2 is 1.81 bits per heavy atom. The van der Waals surface area contributed by atoms with Gasteiger partial charge in [-0.3, -0.25) is 4.57 Å². The monoisotopic (exact) mass is 443 g/mol. The topological polar surface area (TPSA) is 74.1 Å². The lowest BCUT2D eigenvalue weighted by atomic mass is 10.2. The second-order valence-corrected chi connectivity index (χ2v) is 7.76. The molecule has 3 heterocycles. The number of fused-ring (bicyclic) bond motifs is 1. The van der Waals surface area contributed by atoms with Gasteiger partial charge in [-0.25, -0.2) is 15.0 Å². The second kappa shape index (κ2) is 9.07. The first-order valence-corrected chi connectivity index (χ1v) is 11.1. The van der Waals surface area contributed by atoms with Crippen LogP contribution < -0.4 is 14.8 Å². The Balaban J connectivity index is 1.47. The van der Waals surface area contributed by atoms with Crippen molar-refractivity contribution in [3.8, 4) is 28.6 Å². The summed E-state index contributed by atoms with van der Waals surface area (Å²) < 4.78 is 13.1. The van der Waals surface area contributed by atoms with E-state index in [-0.39, 0.29) is 0 Å². The smallest absolute Gasteiger partial charge is 0.170 e. The molecule has 160 valence electrons. The van der Waals surface area contributed by atoms with Crippen molar-refractivity contribution in [3.05, 3.63) is 77.8 Å². The van der Waals surface area contributed by atoms with Gasteiger partial charge in [0.2, 0.25) is 0 Å². The number of ether oxygens (including phenoxy) is 2. The Bertz CT molecular complexity index is 1300. The number of anilines is 1. The molecule has 3 aromatic heterocycles. The van der Waals surface area contributed by atoms with E-state index in [1.807, 2.05) is 70.6 Å². The molecular formula is C24H21N5O2S. The average molecular weight is 444 g/mol. The van der Waals surface area contributed by atoms with Gasteiger partial charge in [-0.05, 0) is 47.8 Å². The Morgan fingerprint density at radius 1 is 0.969 bits per heavy atom. The van der Waals surface area contributed by atoms with Gasteiger partial charge < -0.3 is 14.8 Å². The molecule has 0 saturated carbocycles. The maximum absolute atomic E-state index is 5.80. The Kier molecular flexibility index (Phi) is 5.67. The number of nitrogens with zero attached hydrogens (tertiary/aromatic N) is 4. The van der Waals surface area contributed by atoms with Crippen molar-refractivity contribution < 1.29 is 9.47 Å². The Morgan fingerprint density at radius 3 is 2.56 bits per heavy atom. The molecule has 5 rings (SSSR count). The fourth-order valence-electron chi connectivity index (χ4n) is 3.33. The SMILES string of the molecule is COc1ccc(-c2nc(NCCOc3ccccc3)c3ncn(-c4ccsc4)c3n2)cc1. The van der Waals surface area contributed by atoms with Crippen LogP contribution >= 0.6 is 11.3 Å². The molecule has 0 aliphatic heterocycles. The van der Waals surface area contributed by atoms with Crippen LogP contribution in [0.15, 0.2) is 77.8 Å². The van der Waals surface area contributed by atoms with Crippen LogP contribution in [0.2, 0.25) is 0 Å². The Hall–Kier alpha value is -3.91. The quantitative estimate of drug-likeness (QED) is 0.339. The van der Waals surface area contributed by atoms with Gasteiger partial charge in [0.05, 0.1) is 19.3 Å². The number of imidazole rings is 1. The maximum atomic E-state index is 5.80. The molecule has 5 aromatic rings. The molecule has 0 atom stereocenters. The van der Waals surface area contributed by atoms with Crippen LogP contribution in [0.1, 0.15) is 0 Å². The van der Waals surface area contributed by atoms with Gasteiger partial charge in [0.15, 0.2) is 22.8 Å². The molecule has 0 aliphatic carbocycles. The van der Waals surface area contributed by atoms with Crippen LogP contribution in [-0.4, -0.2) is 39.8 Å². The van der Waals surface area contributed by atoms with Crippen LogP contribution in [0.4, 0.5) is 5.82 Å². The van der Waals surface area contributed by atoms with Crippen molar-refractivity contribution in [2.24, 2.45) is 0 Å². The van der Waals surface area contributed by atoms with Crippen molar-refractivity contribution in [2.75, 3.05) is 25.6 Å². The summed E-state index contributed by atoms with van der Waals surface area (Å²) in [4.78, 5) is 14.2. The highest BCUT2D eigenvalue weighted by Gasteiger charge is 2.15. The summed E-state index contributed by atoms with van der Waals surface area (Å²) in [6.07, 6.45) is 1.78. The van der Waals surface area contributed by atoms with E-state index in [0.717, 1.165) is 28.4 Å². The third kappa shape index (κ3) is 4.13. The molecule has 0 amide bonds.